The minimum absolute atomic E-state index is 1.13. The van der Waals surface area contributed by atoms with E-state index in [2.05, 4.69) is 168 Å². The van der Waals surface area contributed by atoms with Gasteiger partial charge in [0.2, 0.25) is 0 Å². The summed E-state index contributed by atoms with van der Waals surface area (Å²) in [6.45, 7) is 6.21. The highest BCUT2D eigenvalue weighted by atomic mass is 15.0. The summed E-state index contributed by atoms with van der Waals surface area (Å²) >= 11 is 0. The Hall–Kier alpha value is -5.60. The van der Waals surface area contributed by atoms with Gasteiger partial charge in [-0.05, 0) is 83.8 Å². The molecule has 0 bridgehead atoms. The van der Waals surface area contributed by atoms with E-state index < -0.39 is 0 Å². The van der Waals surface area contributed by atoms with Gasteiger partial charge in [-0.2, -0.15) is 0 Å². The fraction of sp³-hybridized carbons (Fsp3) is 0.0244. The number of allylic oxidation sites excluding steroid dienone is 1. The molecule has 0 saturated carbocycles. The molecule has 2 nitrogen and oxygen atoms in total. The van der Waals surface area contributed by atoms with Crippen LogP contribution >= 0.6 is 0 Å². The van der Waals surface area contributed by atoms with Crippen LogP contribution in [0.4, 0.5) is 0 Å². The molecule has 0 unspecified atom stereocenters. The highest BCUT2D eigenvalue weighted by Crippen LogP contribution is 2.38. The fourth-order valence-electron chi connectivity index (χ4n) is 6.66. The van der Waals surface area contributed by atoms with E-state index in [4.69, 9.17) is 0 Å². The smallest absolute Gasteiger partial charge is 0.0541 e. The molecule has 0 amide bonds. The first-order valence-corrected chi connectivity index (χ1v) is 14.7. The molecule has 204 valence electrons. The Labute approximate surface area is 251 Å². The number of benzene rings is 6. The lowest BCUT2D eigenvalue weighted by Crippen LogP contribution is -1.94. The van der Waals surface area contributed by atoms with Crippen LogP contribution in [-0.4, -0.2) is 9.13 Å². The third-order valence-corrected chi connectivity index (χ3v) is 8.63. The van der Waals surface area contributed by atoms with E-state index in [1.807, 2.05) is 6.08 Å². The molecule has 8 aromatic rings. The van der Waals surface area contributed by atoms with Crippen LogP contribution < -0.4 is 0 Å². The van der Waals surface area contributed by atoms with Gasteiger partial charge in [0.1, 0.15) is 0 Å². The zero-order valence-electron chi connectivity index (χ0n) is 24.0. The van der Waals surface area contributed by atoms with Gasteiger partial charge in [0, 0.05) is 32.9 Å². The monoisotopic (exact) mass is 550 g/mol. The zero-order chi connectivity index (χ0) is 28.9. The van der Waals surface area contributed by atoms with Crippen LogP contribution in [0.25, 0.3) is 78.3 Å². The molecule has 0 radical (unpaired) electrons. The zero-order valence-corrected chi connectivity index (χ0v) is 24.0. The quantitative estimate of drug-likeness (QED) is 0.202. The lowest BCUT2D eigenvalue weighted by Gasteiger charge is -2.10. The molecule has 0 aliphatic carbocycles. The Morgan fingerprint density at radius 1 is 0.512 bits per heavy atom. The average Bonchev–Trinajstić information content (AvgIpc) is 3.57. The summed E-state index contributed by atoms with van der Waals surface area (Å²) in [5, 5.41) is 5.04. The third-order valence-electron chi connectivity index (χ3n) is 8.63. The molecule has 0 fully saturated rings. The summed E-state index contributed by atoms with van der Waals surface area (Å²) in [5.41, 5.74) is 11.9. The number of fused-ring (bicyclic) bond motifs is 6. The minimum atomic E-state index is 1.13. The van der Waals surface area contributed by atoms with E-state index in [1.54, 1.807) is 0 Å². The highest BCUT2D eigenvalue weighted by Gasteiger charge is 2.15. The van der Waals surface area contributed by atoms with Crippen molar-refractivity contribution in [2.24, 2.45) is 0 Å². The topological polar surface area (TPSA) is 9.86 Å². The third kappa shape index (κ3) is 4.03. The molecular weight excluding hydrogens is 520 g/mol. The van der Waals surface area contributed by atoms with Gasteiger partial charge >= 0.3 is 0 Å². The number of hydrogen-bond donors (Lipinski definition) is 0. The lowest BCUT2D eigenvalue weighted by atomic mass is 10.0. The Morgan fingerprint density at radius 2 is 1.02 bits per heavy atom. The maximum atomic E-state index is 4.01. The van der Waals surface area contributed by atoms with Crippen molar-refractivity contribution < 1.29 is 0 Å². The summed E-state index contributed by atoms with van der Waals surface area (Å²) < 4.78 is 4.75. The molecule has 43 heavy (non-hydrogen) atoms. The van der Waals surface area contributed by atoms with E-state index in [1.165, 1.54) is 71.7 Å². The summed E-state index contributed by atoms with van der Waals surface area (Å²) in [6, 6.07) is 50.2. The van der Waals surface area contributed by atoms with Gasteiger partial charge in [-0.1, -0.05) is 104 Å². The van der Waals surface area contributed by atoms with Crippen molar-refractivity contribution in [3.8, 4) is 16.8 Å². The van der Waals surface area contributed by atoms with Crippen molar-refractivity contribution in [2.45, 2.75) is 6.92 Å². The van der Waals surface area contributed by atoms with E-state index >= 15 is 0 Å². The summed E-state index contributed by atoms with van der Waals surface area (Å²) in [6.07, 6.45) is 4.18. The number of para-hydroxylation sites is 3. The molecular formula is C41H30N2. The average molecular weight is 551 g/mol. The Morgan fingerprint density at radius 3 is 1.74 bits per heavy atom. The first kappa shape index (κ1) is 25.1. The minimum Gasteiger partial charge on any atom is -0.313 e. The number of nitrogens with zero attached hydrogens (tertiary/aromatic N) is 2. The molecule has 2 heteroatoms. The predicted molar refractivity (Wildman–Crippen MR) is 186 cm³/mol. The van der Waals surface area contributed by atoms with Gasteiger partial charge in [-0.15, -0.1) is 0 Å². The normalized spacial score (nSPS) is 12.1. The van der Waals surface area contributed by atoms with Crippen LogP contribution in [0.15, 0.2) is 146 Å². The van der Waals surface area contributed by atoms with E-state index in [9.17, 15) is 0 Å². The molecule has 8 rings (SSSR count). The van der Waals surface area contributed by atoms with Crippen LogP contribution in [-0.2, 0) is 0 Å². The van der Waals surface area contributed by atoms with E-state index in [-0.39, 0.29) is 0 Å². The fourth-order valence-corrected chi connectivity index (χ4v) is 6.66. The molecule has 6 aromatic carbocycles. The predicted octanol–water partition coefficient (Wildman–Crippen LogP) is 11.2. The van der Waals surface area contributed by atoms with Gasteiger partial charge in [-0.3, -0.25) is 0 Å². The van der Waals surface area contributed by atoms with Gasteiger partial charge in [-0.25, -0.2) is 0 Å². The van der Waals surface area contributed by atoms with Gasteiger partial charge < -0.3 is 9.13 Å². The Balaban J connectivity index is 1.31. The van der Waals surface area contributed by atoms with Crippen molar-refractivity contribution in [1.82, 2.24) is 9.13 Å². The highest BCUT2D eigenvalue weighted by molar-refractivity contribution is 6.13. The number of hydrogen-bond acceptors (Lipinski definition) is 0. The SMILES string of the molecule is C=Cc1ccccc1/C=C(\C)n1c2ccccc2c2cc(-c3ccc4c(c3)c3ccccc3n4-c3ccccc3)ccc21. The second-order valence-corrected chi connectivity index (χ2v) is 11.1. The van der Waals surface area contributed by atoms with Crippen LogP contribution in [0.3, 0.4) is 0 Å². The molecule has 0 aliphatic heterocycles. The second kappa shape index (κ2) is 10.0. The van der Waals surface area contributed by atoms with Crippen LogP contribution in [0.1, 0.15) is 18.1 Å². The maximum Gasteiger partial charge on any atom is 0.0541 e. The van der Waals surface area contributed by atoms with Gasteiger partial charge in [0.05, 0.1) is 22.1 Å². The molecule has 0 N–H and O–H groups in total. The molecule has 0 aliphatic rings. The van der Waals surface area contributed by atoms with E-state index in [0.717, 1.165) is 5.56 Å². The number of rotatable bonds is 5. The van der Waals surface area contributed by atoms with E-state index in [0.29, 0.717) is 0 Å². The standard InChI is InChI=1S/C41H30N2/c1-3-29-13-7-8-14-30(29)25-28(2)42-38-19-11-9-17-34(38)36-26-31(21-23-40(36)42)32-22-24-41-37(27-32)35-18-10-12-20-39(35)43(41)33-15-5-4-6-16-33/h3-27H,1H2,2H3/b28-25+. The summed E-state index contributed by atoms with van der Waals surface area (Å²) in [7, 11) is 0. The van der Waals surface area contributed by atoms with Crippen molar-refractivity contribution in [3.05, 3.63) is 157 Å². The first-order valence-electron chi connectivity index (χ1n) is 14.7. The van der Waals surface area contributed by atoms with Crippen LogP contribution in [0.2, 0.25) is 0 Å². The van der Waals surface area contributed by atoms with Crippen molar-refractivity contribution in [2.75, 3.05) is 0 Å². The number of aromatic nitrogens is 2. The first-order chi connectivity index (χ1) is 21.2. The van der Waals surface area contributed by atoms with Crippen molar-refractivity contribution in [1.29, 1.82) is 0 Å². The van der Waals surface area contributed by atoms with Crippen molar-refractivity contribution >= 4 is 61.5 Å². The Kier molecular flexibility index (Phi) is 5.87. The van der Waals surface area contributed by atoms with Crippen molar-refractivity contribution in [3.63, 3.8) is 0 Å². The molecule has 0 spiro atoms. The molecule has 2 heterocycles. The van der Waals surface area contributed by atoms with Gasteiger partial charge in [0.25, 0.3) is 0 Å². The van der Waals surface area contributed by atoms with Gasteiger partial charge in [0.15, 0.2) is 0 Å². The summed E-state index contributed by atoms with van der Waals surface area (Å²) in [4.78, 5) is 0. The van der Waals surface area contributed by atoms with Crippen LogP contribution in [0.5, 0.6) is 0 Å². The lowest BCUT2D eigenvalue weighted by molar-refractivity contribution is 1.18. The second-order valence-electron chi connectivity index (χ2n) is 11.1. The van der Waals surface area contributed by atoms with Crippen LogP contribution in [0, 0.1) is 0 Å². The largest absolute Gasteiger partial charge is 0.313 e. The molecule has 0 saturated heterocycles. The molecule has 0 atom stereocenters. The maximum absolute atomic E-state index is 4.01. The Bertz CT molecular complexity index is 2360. The molecule has 2 aromatic heterocycles. The summed E-state index contributed by atoms with van der Waals surface area (Å²) in [5.74, 6) is 0.